The Hall–Kier alpha value is -1.44. The largest absolute Gasteiger partial charge is 0.481 e. The van der Waals surface area contributed by atoms with Gasteiger partial charge in [0.15, 0.2) is 9.84 Å². The van der Waals surface area contributed by atoms with E-state index in [1.807, 2.05) is 0 Å². The van der Waals surface area contributed by atoms with Gasteiger partial charge in [-0.25, -0.2) is 8.42 Å². The van der Waals surface area contributed by atoms with E-state index in [0.29, 0.717) is 52.1 Å². The molecular weight excluding hydrogens is 641 g/mol. The molecule has 0 aromatic carbocycles. The summed E-state index contributed by atoms with van der Waals surface area (Å²) in [5.74, 6) is 3.48. The third-order valence-electron chi connectivity index (χ3n) is 18.7. The highest BCUT2D eigenvalue weighted by molar-refractivity contribution is 7.92. The second-order valence-electron chi connectivity index (χ2n) is 20.6. The van der Waals surface area contributed by atoms with Gasteiger partial charge < -0.3 is 10.4 Å². The van der Waals surface area contributed by atoms with Gasteiger partial charge in [-0.05, 0) is 152 Å². The number of aliphatic carboxylic acids is 1. The second kappa shape index (κ2) is 10.8. The maximum atomic E-state index is 12.4. The van der Waals surface area contributed by atoms with Crippen LogP contribution in [0.3, 0.4) is 0 Å². The van der Waals surface area contributed by atoms with Crippen molar-refractivity contribution in [3.05, 3.63) is 35.5 Å². The van der Waals surface area contributed by atoms with Crippen molar-refractivity contribution in [3.63, 3.8) is 0 Å². The number of rotatable bonds is 7. The van der Waals surface area contributed by atoms with E-state index in [2.05, 4.69) is 70.5 Å². The van der Waals surface area contributed by atoms with E-state index in [4.69, 9.17) is 0 Å². The molecule has 4 unspecified atom stereocenters. The number of nitrogens with zero attached hydrogens (tertiary/aromatic N) is 1. The SMILES string of the molecule is C=C(C)[C@@H]1CC[C@]2(NCCN3C[C@H]4C[C@@H]3CS4(=O)=O)CC[C@]3(C)[C@H](CC[C@@H]4[C@@]5(C)CC=C(C6=CC7C(C6)C7C(=O)O)C(C)(C)[C@@H]5CC[C@]43C)C12. The molecule has 9 rings (SSSR count). The molecule has 14 atom stereocenters. The predicted molar refractivity (Wildman–Crippen MR) is 199 cm³/mol. The fourth-order valence-corrected chi connectivity index (χ4v) is 18.2. The molecule has 2 bridgehead atoms. The van der Waals surface area contributed by atoms with Crippen LogP contribution >= 0.6 is 0 Å². The number of carboxylic acid groups (broad SMARTS) is 1. The molecule has 2 N–H and O–H groups in total. The van der Waals surface area contributed by atoms with Crippen LogP contribution in [0.15, 0.2) is 35.5 Å². The fourth-order valence-electron chi connectivity index (χ4n) is 16.1. The van der Waals surface area contributed by atoms with Crippen LogP contribution < -0.4 is 5.32 Å². The Morgan fingerprint density at radius 2 is 1.80 bits per heavy atom. The molecule has 2 saturated heterocycles. The van der Waals surface area contributed by atoms with Crippen molar-refractivity contribution in [2.24, 2.45) is 69.0 Å². The van der Waals surface area contributed by atoms with Crippen molar-refractivity contribution in [2.75, 3.05) is 25.4 Å². The minimum atomic E-state index is -2.86. The lowest BCUT2D eigenvalue weighted by atomic mass is 9.33. The summed E-state index contributed by atoms with van der Waals surface area (Å²) in [5.41, 5.74) is 5.56. The van der Waals surface area contributed by atoms with E-state index in [1.54, 1.807) is 5.57 Å². The normalized spacial score (nSPS) is 52.2. The Morgan fingerprint density at radius 3 is 2.44 bits per heavy atom. The molecule has 7 aliphatic carbocycles. The first-order valence-corrected chi connectivity index (χ1v) is 22.2. The second-order valence-corrected chi connectivity index (χ2v) is 23.0. The van der Waals surface area contributed by atoms with E-state index in [0.717, 1.165) is 38.9 Å². The quantitative estimate of drug-likeness (QED) is 0.265. The highest BCUT2D eigenvalue weighted by Gasteiger charge is 2.71. The topological polar surface area (TPSA) is 86.7 Å². The number of likely N-dealkylation sites (tertiary alicyclic amines) is 1. The maximum Gasteiger partial charge on any atom is 0.307 e. The van der Waals surface area contributed by atoms with Crippen molar-refractivity contribution in [1.29, 1.82) is 0 Å². The number of hydrogen-bond acceptors (Lipinski definition) is 5. The van der Waals surface area contributed by atoms with Gasteiger partial charge in [0.2, 0.25) is 0 Å². The summed E-state index contributed by atoms with van der Waals surface area (Å²) in [6, 6.07) is 0.230. The van der Waals surface area contributed by atoms with Crippen LogP contribution in [-0.2, 0) is 14.6 Å². The Bertz CT molecular complexity index is 1680. The molecule has 0 amide bonds. The highest BCUT2D eigenvalue weighted by atomic mass is 32.2. The van der Waals surface area contributed by atoms with Gasteiger partial charge in [-0.3, -0.25) is 9.69 Å². The maximum absolute atomic E-state index is 12.4. The highest BCUT2D eigenvalue weighted by Crippen LogP contribution is 2.77. The molecule has 2 heterocycles. The molecule has 0 radical (unpaired) electrons. The zero-order chi connectivity index (χ0) is 35.4. The van der Waals surface area contributed by atoms with Crippen molar-refractivity contribution >= 4 is 15.8 Å². The molecular formula is C43H64N2O4S. The van der Waals surface area contributed by atoms with E-state index < -0.39 is 15.8 Å². The van der Waals surface area contributed by atoms with Gasteiger partial charge in [-0.1, -0.05) is 58.9 Å². The van der Waals surface area contributed by atoms with E-state index >= 15 is 0 Å². The summed E-state index contributed by atoms with van der Waals surface area (Å²) in [5, 5.41) is 13.8. The van der Waals surface area contributed by atoms with Gasteiger partial charge in [0, 0.05) is 31.2 Å². The van der Waals surface area contributed by atoms with Gasteiger partial charge >= 0.3 is 5.97 Å². The van der Waals surface area contributed by atoms with Crippen molar-refractivity contribution in [1.82, 2.24) is 10.2 Å². The molecule has 7 heteroatoms. The minimum absolute atomic E-state index is 0.106. The average Bonchev–Trinajstić information content (AvgIpc) is 3.45. The first-order valence-electron chi connectivity index (χ1n) is 20.5. The fraction of sp³-hybridized carbons (Fsp3) is 0.837. The zero-order valence-electron chi connectivity index (χ0n) is 31.8. The summed E-state index contributed by atoms with van der Waals surface area (Å²) < 4.78 is 24.8. The average molecular weight is 705 g/mol. The van der Waals surface area contributed by atoms with Crippen LogP contribution in [0, 0.1) is 69.0 Å². The number of allylic oxidation sites excluding steroid dienone is 5. The molecule has 0 aromatic heterocycles. The third kappa shape index (κ3) is 4.44. The van der Waals surface area contributed by atoms with Crippen molar-refractivity contribution in [3.8, 4) is 0 Å². The van der Waals surface area contributed by atoms with Crippen LogP contribution in [0.2, 0.25) is 0 Å². The monoisotopic (exact) mass is 704 g/mol. The van der Waals surface area contributed by atoms with Crippen LogP contribution in [0.4, 0.5) is 0 Å². The number of nitrogens with one attached hydrogen (secondary N) is 1. The minimum Gasteiger partial charge on any atom is -0.481 e. The Kier molecular flexibility index (Phi) is 7.44. The molecule has 276 valence electrons. The Morgan fingerprint density at radius 1 is 1.02 bits per heavy atom. The molecule has 7 fully saturated rings. The standard InChI is InChI=1S/C43H64N2O4S/c1-25(2)29-10-15-43(44-18-19-45-23-28-22-27(45)24-50(28,48)49)17-16-41(6)33(37(29)43)8-9-35-40(5)13-11-32(26-20-30-31(21-26)36(30)38(46)47)39(3,4)34(40)12-14-42(35,41)7/h11,20,27-31,33-37,44H,1,8-10,12-19,21-24H2,2-7H3,(H,46,47)/t27-,28-,29+,30?,31?,33-,34+,35-,36?,37?,40+,41-,42-,43+/m1/s1. The predicted octanol–water partition coefficient (Wildman–Crippen LogP) is 7.67. The molecule has 9 aliphatic rings. The van der Waals surface area contributed by atoms with E-state index in [-0.39, 0.29) is 39.5 Å². The summed E-state index contributed by atoms with van der Waals surface area (Å²) in [6.07, 6.45) is 18.3. The van der Waals surface area contributed by atoms with E-state index in [9.17, 15) is 18.3 Å². The smallest absolute Gasteiger partial charge is 0.307 e. The molecule has 0 aromatic rings. The van der Waals surface area contributed by atoms with Crippen LogP contribution in [0.25, 0.3) is 0 Å². The Balaban J connectivity index is 0.964. The van der Waals surface area contributed by atoms with Crippen molar-refractivity contribution < 1.29 is 18.3 Å². The molecule has 5 saturated carbocycles. The van der Waals surface area contributed by atoms with Crippen molar-refractivity contribution in [2.45, 2.75) is 129 Å². The summed E-state index contributed by atoms with van der Waals surface area (Å²) in [4.78, 5) is 14.2. The lowest BCUT2D eigenvalue weighted by molar-refractivity contribution is -0.221. The van der Waals surface area contributed by atoms with Crippen LogP contribution in [0.1, 0.15) is 112 Å². The van der Waals surface area contributed by atoms with Gasteiger partial charge in [0.05, 0.1) is 16.9 Å². The summed E-state index contributed by atoms with van der Waals surface area (Å²) >= 11 is 0. The third-order valence-corrected chi connectivity index (χ3v) is 20.9. The number of carbonyl (C=O) groups is 1. The van der Waals surface area contributed by atoms with Crippen LogP contribution in [-0.4, -0.2) is 66.6 Å². The van der Waals surface area contributed by atoms with Gasteiger partial charge in [0.25, 0.3) is 0 Å². The van der Waals surface area contributed by atoms with E-state index in [1.165, 1.54) is 62.5 Å². The molecule has 50 heavy (non-hydrogen) atoms. The molecule has 0 spiro atoms. The van der Waals surface area contributed by atoms with Gasteiger partial charge in [-0.2, -0.15) is 0 Å². The number of sulfone groups is 1. The summed E-state index contributed by atoms with van der Waals surface area (Å²) in [6.45, 7) is 22.8. The summed E-state index contributed by atoms with van der Waals surface area (Å²) in [7, 11) is -2.86. The number of hydrogen-bond donors (Lipinski definition) is 2. The first-order chi connectivity index (χ1) is 23.5. The lowest BCUT2D eigenvalue weighted by Crippen LogP contribution is -2.68. The van der Waals surface area contributed by atoms with Crippen LogP contribution in [0.5, 0.6) is 0 Å². The number of carboxylic acids is 1. The molecule has 6 nitrogen and oxygen atoms in total. The first kappa shape index (κ1) is 34.3. The molecule has 2 aliphatic heterocycles. The zero-order valence-corrected chi connectivity index (χ0v) is 32.6. The lowest BCUT2D eigenvalue weighted by Gasteiger charge is -2.72. The van der Waals surface area contributed by atoms with Gasteiger partial charge in [0.1, 0.15) is 0 Å². The van der Waals surface area contributed by atoms with Gasteiger partial charge in [-0.15, -0.1) is 0 Å². The number of fused-ring (bicyclic) bond motifs is 10. The Labute approximate surface area is 302 Å².